The van der Waals surface area contributed by atoms with Crippen molar-refractivity contribution in [2.45, 2.75) is 45.8 Å². The maximum absolute atomic E-state index is 12.8. The fourth-order valence-electron chi connectivity index (χ4n) is 4.47. The second kappa shape index (κ2) is 12.8. The number of hydrogen-bond donors (Lipinski definition) is 3. The number of methoxy groups -OCH3 is 1. The Bertz CT molecular complexity index is 1720. The molecular formula is C29H35N9O7. The first-order chi connectivity index (χ1) is 22.6. The van der Waals surface area contributed by atoms with E-state index in [9.17, 15) is 19.2 Å². The summed E-state index contributed by atoms with van der Waals surface area (Å²) in [4.78, 5) is 57.7. The van der Waals surface area contributed by atoms with E-state index < -0.39 is 24.6 Å². The van der Waals surface area contributed by atoms with Gasteiger partial charge in [0.15, 0.2) is 23.1 Å². The minimum absolute atomic E-state index is 0.0311. The molecule has 16 heteroatoms. The summed E-state index contributed by atoms with van der Waals surface area (Å²) in [6, 6.07) is 6.28. The van der Waals surface area contributed by atoms with Crippen LogP contribution in [0.15, 0.2) is 28.8 Å². The minimum atomic E-state index is -2.79. The van der Waals surface area contributed by atoms with E-state index in [1.54, 1.807) is 39.0 Å². The fraction of sp³-hybridized carbons (Fsp3) is 0.448. The topological polar surface area (TPSA) is 194 Å². The molecule has 1 aliphatic carbocycles. The van der Waals surface area contributed by atoms with E-state index in [1.807, 2.05) is 5.32 Å². The van der Waals surface area contributed by atoms with Gasteiger partial charge >= 0.3 is 6.09 Å². The largest absolute Gasteiger partial charge is 0.494 e. The number of carbonyl (C=O) groups excluding carboxylic acids is 4. The summed E-state index contributed by atoms with van der Waals surface area (Å²) in [5.74, 6) is -1.15. The molecule has 2 aliphatic rings. The molecule has 1 saturated carbocycles. The van der Waals surface area contributed by atoms with E-state index in [0.29, 0.717) is 11.3 Å². The fourth-order valence-corrected chi connectivity index (χ4v) is 4.47. The number of amides is 4. The van der Waals surface area contributed by atoms with Crippen molar-refractivity contribution in [3.63, 3.8) is 0 Å². The van der Waals surface area contributed by atoms with Gasteiger partial charge in [-0.2, -0.15) is 4.98 Å². The van der Waals surface area contributed by atoms with Crippen LogP contribution in [0.1, 0.15) is 54.0 Å². The first-order valence-corrected chi connectivity index (χ1v) is 14.1. The number of nitrogens with zero attached hydrogens (tertiary/aromatic N) is 6. The minimum Gasteiger partial charge on any atom is -0.494 e. The second-order valence-corrected chi connectivity index (χ2v) is 11.5. The van der Waals surface area contributed by atoms with E-state index in [2.05, 4.69) is 31.0 Å². The molecule has 45 heavy (non-hydrogen) atoms. The lowest BCUT2D eigenvalue weighted by Crippen LogP contribution is -2.52. The van der Waals surface area contributed by atoms with E-state index in [0.717, 1.165) is 12.8 Å². The lowest BCUT2D eigenvalue weighted by atomic mass is 10.1. The smallest absolute Gasteiger partial charge is 0.410 e. The Kier molecular flexibility index (Phi) is 7.73. The zero-order valence-corrected chi connectivity index (χ0v) is 25.2. The number of aromatic nitrogens is 4. The highest BCUT2D eigenvalue weighted by molar-refractivity contribution is 6.00. The van der Waals surface area contributed by atoms with E-state index >= 15 is 0 Å². The molecule has 238 valence electrons. The number of ether oxygens (including phenoxy) is 2. The number of hydrogen-bond acceptors (Lipinski definition) is 12. The monoisotopic (exact) mass is 624 g/mol. The number of benzene rings is 1. The molecule has 1 aromatic carbocycles. The van der Waals surface area contributed by atoms with Crippen molar-refractivity contribution >= 4 is 41.0 Å². The van der Waals surface area contributed by atoms with Crippen LogP contribution in [0.5, 0.6) is 5.75 Å². The molecule has 16 nitrogen and oxygen atoms in total. The second-order valence-electron chi connectivity index (χ2n) is 11.5. The lowest BCUT2D eigenvalue weighted by molar-refractivity contribution is -0.136. The maximum atomic E-state index is 12.8. The highest BCUT2D eigenvalue weighted by Crippen LogP contribution is 2.38. The van der Waals surface area contributed by atoms with E-state index in [1.165, 1.54) is 23.0 Å². The van der Waals surface area contributed by atoms with Crippen molar-refractivity contribution in [2.24, 2.45) is 5.92 Å². The Balaban J connectivity index is 1.35. The van der Waals surface area contributed by atoms with Crippen LogP contribution in [0.25, 0.3) is 11.5 Å². The molecule has 0 spiro atoms. The van der Waals surface area contributed by atoms with E-state index in [4.69, 9.17) is 18.1 Å². The summed E-state index contributed by atoms with van der Waals surface area (Å²) in [5.41, 5.74) is -0.338. The first-order valence-electron chi connectivity index (χ1n) is 15.6. The molecule has 2 aromatic heterocycles. The summed E-state index contributed by atoms with van der Waals surface area (Å²) in [6.07, 6.45) is 0.947. The van der Waals surface area contributed by atoms with E-state index in [-0.39, 0.29) is 78.6 Å². The van der Waals surface area contributed by atoms with Crippen molar-refractivity contribution < 1.29 is 37.3 Å². The van der Waals surface area contributed by atoms with Gasteiger partial charge in [0, 0.05) is 36.2 Å². The molecule has 0 atom stereocenters. The van der Waals surface area contributed by atoms with Crippen LogP contribution >= 0.6 is 0 Å². The Morgan fingerprint density at radius 1 is 1.16 bits per heavy atom. The van der Waals surface area contributed by atoms with Crippen LogP contribution in [0.4, 0.5) is 22.0 Å². The Morgan fingerprint density at radius 2 is 1.96 bits per heavy atom. The molecule has 5 rings (SSSR count). The van der Waals surface area contributed by atoms with Crippen molar-refractivity contribution in [1.29, 1.82) is 0 Å². The molecule has 3 aromatic rings. The number of piperazine rings is 1. The van der Waals surface area contributed by atoms with Crippen molar-refractivity contribution in [1.82, 2.24) is 35.5 Å². The van der Waals surface area contributed by atoms with Gasteiger partial charge < -0.3 is 34.8 Å². The molecule has 3 N–H and O–H groups in total. The predicted molar refractivity (Wildman–Crippen MR) is 160 cm³/mol. The van der Waals surface area contributed by atoms with Gasteiger partial charge in [0.1, 0.15) is 12.1 Å². The summed E-state index contributed by atoms with van der Waals surface area (Å²) >= 11 is 0. The highest BCUT2D eigenvalue weighted by Gasteiger charge is 2.32. The average Bonchev–Trinajstić information content (AvgIpc) is 3.75. The van der Waals surface area contributed by atoms with Crippen LogP contribution in [0.2, 0.25) is 0 Å². The van der Waals surface area contributed by atoms with Crippen LogP contribution in [0.3, 0.4) is 0 Å². The lowest BCUT2D eigenvalue weighted by Gasteiger charge is -2.34. The molecule has 3 heterocycles. The molecule has 2 fully saturated rings. The van der Waals surface area contributed by atoms with Gasteiger partial charge in [-0.3, -0.25) is 19.3 Å². The van der Waals surface area contributed by atoms with Crippen molar-refractivity contribution in [3.05, 3.63) is 35.8 Å². The van der Waals surface area contributed by atoms with Crippen molar-refractivity contribution in [3.8, 4) is 17.2 Å². The van der Waals surface area contributed by atoms with Gasteiger partial charge in [0.25, 0.3) is 11.8 Å². The zero-order valence-electron chi connectivity index (χ0n) is 28.2. The number of carbonyl (C=O) groups is 4. The number of anilines is 3. The summed E-state index contributed by atoms with van der Waals surface area (Å²) in [6.45, 7) is 2.86. The average molecular weight is 625 g/mol. The van der Waals surface area contributed by atoms with Crippen LogP contribution in [-0.4, -0.2) is 93.3 Å². The first kappa shape index (κ1) is 27.3. The third-order valence-corrected chi connectivity index (χ3v) is 6.81. The van der Waals surface area contributed by atoms with Gasteiger partial charge in [0.05, 0.1) is 30.6 Å². The number of para-hydroxylation sites is 1. The number of nitrogens with one attached hydrogen (secondary N) is 3. The SMILES string of the molecule is [2H]C([2H])([2H])NC(=O)c1nnc(NC(=O)C2CC2)cc1Nc1cccc(-c2nc(CN3CCN(C(=O)OC(C)(C)C)CC3=O)no2)c1OC. The normalized spacial score (nSPS) is 16.3. The molecular weight excluding hydrogens is 586 g/mol. The zero-order chi connectivity index (χ0) is 34.8. The van der Waals surface area contributed by atoms with Gasteiger partial charge in [0.2, 0.25) is 11.8 Å². The summed E-state index contributed by atoms with van der Waals surface area (Å²) in [5, 5.41) is 19.4. The molecule has 1 saturated heterocycles. The Hall–Kier alpha value is -5.28. The van der Waals surface area contributed by atoms with Crippen LogP contribution in [0, 0.1) is 5.92 Å². The van der Waals surface area contributed by atoms with Crippen LogP contribution in [-0.2, 0) is 20.9 Å². The molecule has 0 unspecified atom stereocenters. The van der Waals surface area contributed by atoms with Gasteiger partial charge in [-0.15, -0.1) is 10.2 Å². The predicted octanol–water partition coefficient (Wildman–Crippen LogP) is 2.57. The highest BCUT2D eigenvalue weighted by atomic mass is 16.6. The third kappa shape index (κ3) is 7.45. The number of rotatable bonds is 9. The van der Waals surface area contributed by atoms with Gasteiger partial charge in [-0.1, -0.05) is 11.2 Å². The third-order valence-electron chi connectivity index (χ3n) is 6.81. The molecule has 1 aliphatic heterocycles. The standard InChI is InChI=1S/C29H35N9O7/c1-29(2,3)44-28(42)38-12-11-37(22(39)15-38)14-21-33-27(45-36-21)17-7-6-8-18(24(17)43-5)31-19-13-20(32-25(40)16-9-10-16)34-35-23(19)26(41)30-4/h6-8,13,16H,9-12,14-15H2,1-5H3,(H,30,41)(H2,31,32,34,40)/i4D3. The molecule has 0 radical (unpaired) electrons. The van der Waals surface area contributed by atoms with Gasteiger partial charge in [-0.05, 0) is 45.7 Å². The molecule has 4 amide bonds. The Morgan fingerprint density at radius 3 is 2.64 bits per heavy atom. The van der Waals surface area contributed by atoms with Crippen molar-refractivity contribution in [2.75, 3.05) is 44.4 Å². The summed E-state index contributed by atoms with van der Waals surface area (Å²) in [7, 11) is 1.40. The van der Waals surface area contributed by atoms with Crippen LogP contribution < -0.4 is 20.7 Å². The maximum Gasteiger partial charge on any atom is 0.410 e. The van der Waals surface area contributed by atoms with Gasteiger partial charge in [-0.25, -0.2) is 4.79 Å². The summed E-state index contributed by atoms with van der Waals surface area (Å²) < 4.78 is 38.8. The molecule has 0 bridgehead atoms. The quantitative estimate of drug-likeness (QED) is 0.315. The Labute approximate surface area is 263 Å².